The van der Waals surface area contributed by atoms with E-state index in [1.54, 1.807) is 0 Å². The van der Waals surface area contributed by atoms with Crippen molar-refractivity contribution < 1.29 is 4.42 Å². The molecular formula is C11H17NO. The van der Waals surface area contributed by atoms with Gasteiger partial charge in [0.25, 0.3) is 0 Å². The highest BCUT2D eigenvalue weighted by atomic mass is 16.4. The monoisotopic (exact) mass is 179 g/mol. The predicted molar refractivity (Wildman–Crippen MR) is 54.5 cm³/mol. The summed E-state index contributed by atoms with van der Waals surface area (Å²) < 4.78 is 5.41. The van der Waals surface area contributed by atoms with E-state index in [0.29, 0.717) is 5.92 Å². The summed E-state index contributed by atoms with van der Waals surface area (Å²) in [4.78, 5) is 4.23. The molecule has 0 aliphatic heterocycles. The molecule has 0 saturated heterocycles. The molecule has 72 valence electrons. The highest BCUT2D eigenvalue weighted by Gasteiger charge is 2.14. The fraction of sp³-hybridized carbons (Fsp3) is 0.545. The summed E-state index contributed by atoms with van der Waals surface area (Å²) in [5, 5.41) is 0. The van der Waals surface area contributed by atoms with Crippen molar-refractivity contribution in [2.24, 2.45) is 5.92 Å². The molecule has 1 aromatic heterocycles. The molecule has 1 aliphatic rings. The average molecular weight is 179 g/mol. The summed E-state index contributed by atoms with van der Waals surface area (Å²) in [6, 6.07) is 0. The van der Waals surface area contributed by atoms with E-state index < -0.39 is 0 Å². The summed E-state index contributed by atoms with van der Waals surface area (Å²) in [6.45, 7) is 8.06. The van der Waals surface area contributed by atoms with Crippen LogP contribution in [0.25, 0.3) is 6.08 Å². The van der Waals surface area contributed by atoms with Crippen LogP contribution in [-0.4, -0.2) is 4.98 Å². The van der Waals surface area contributed by atoms with Crippen LogP contribution in [0.4, 0.5) is 0 Å². The van der Waals surface area contributed by atoms with Gasteiger partial charge in [0.2, 0.25) is 0 Å². The molecule has 1 atom stereocenters. The van der Waals surface area contributed by atoms with E-state index in [4.69, 9.17) is 4.42 Å². The van der Waals surface area contributed by atoms with Gasteiger partial charge in [-0.1, -0.05) is 26.8 Å². The van der Waals surface area contributed by atoms with Gasteiger partial charge in [0.15, 0.2) is 5.89 Å². The van der Waals surface area contributed by atoms with Crippen LogP contribution < -0.4 is 0 Å². The lowest BCUT2D eigenvalue weighted by molar-refractivity contribution is 0.455. The number of allylic oxidation sites excluding steroid dienone is 1. The Balaban J connectivity index is 0.000000396. The van der Waals surface area contributed by atoms with E-state index in [-0.39, 0.29) is 0 Å². The Morgan fingerprint density at radius 1 is 1.46 bits per heavy atom. The van der Waals surface area contributed by atoms with Crippen LogP contribution in [0.5, 0.6) is 0 Å². The molecule has 1 aromatic rings. The minimum Gasteiger partial charge on any atom is -0.445 e. The van der Waals surface area contributed by atoms with E-state index in [9.17, 15) is 0 Å². The highest BCUT2D eigenvalue weighted by Crippen LogP contribution is 2.22. The Morgan fingerprint density at radius 2 is 2.15 bits per heavy atom. The summed E-state index contributed by atoms with van der Waals surface area (Å²) in [5.74, 6) is 2.40. The number of nitrogens with zero attached hydrogens (tertiary/aromatic N) is 1. The zero-order valence-corrected chi connectivity index (χ0v) is 8.79. The first-order valence-corrected chi connectivity index (χ1v) is 4.90. The van der Waals surface area contributed by atoms with Crippen molar-refractivity contribution >= 4 is 6.08 Å². The minimum absolute atomic E-state index is 0.592. The van der Waals surface area contributed by atoms with Gasteiger partial charge in [0, 0.05) is 13.3 Å². The lowest BCUT2D eigenvalue weighted by Crippen LogP contribution is -2.00. The van der Waals surface area contributed by atoms with Crippen molar-refractivity contribution in [2.75, 3.05) is 0 Å². The van der Waals surface area contributed by atoms with Crippen LogP contribution >= 0.6 is 0 Å². The topological polar surface area (TPSA) is 26.0 Å². The molecular weight excluding hydrogens is 162 g/mol. The van der Waals surface area contributed by atoms with Crippen LogP contribution in [-0.2, 0) is 6.42 Å². The fourth-order valence-corrected chi connectivity index (χ4v) is 1.38. The maximum atomic E-state index is 5.41. The van der Waals surface area contributed by atoms with Gasteiger partial charge in [0.1, 0.15) is 11.5 Å². The van der Waals surface area contributed by atoms with Gasteiger partial charge in [0.05, 0.1) is 0 Å². The van der Waals surface area contributed by atoms with Crippen molar-refractivity contribution in [3.63, 3.8) is 0 Å². The Kier molecular flexibility index (Phi) is 3.29. The lowest BCUT2D eigenvalue weighted by Gasteiger charge is -2.07. The van der Waals surface area contributed by atoms with Crippen LogP contribution in [0.15, 0.2) is 10.5 Å². The summed E-state index contributed by atoms with van der Waals surface area (Å²) in [6.07, 6.45) is 5.21. The van der Waals surface area contributed by atoms with E-state index in [2.05, 4.69) is 18.0 Å². The zero-order valence-electron chi connectivity index (χ0n) is 8.79. The first kappa shape index (κ1) is 10.0. The van der Waals surface area contributed by atoms with Gasteiger partial charge < -0.3 is 4.42 Å². The Bertz CT molecular complexity index is 299. The molecule has 0 N–H and O–H groups in total. The second-order valence-electron chi connectivity index (χ2n) is 3.08. The van der Waals surface area contributed by atoms with Gasteiger partial charge in [-0.3, -0.25) is 0 Å². The largest absolute Gasteiger partial charge is 0.445 e. The number of hydrogen-bond acceptors (Lipinski definition) is 2. The fourth-order valence-electron chi connectivity index (χ4n) is 1.38. The molecule has 0 radical (unpaired) electrons. The third-order valence-corrected chi connectivity index (χ3v) is 1.92. The number of hydrogen-bond donors (Lipinski definition) is 0. The molecule has 0 saturated carbocycles. The van der Waals surface area contributed by atoms with Gasteiger partial charge >= 0.3 is 0 Å². The Morgan fingerprint density at radius 3 is 2.85 bits per heavy atom. The number of aromatic nitrogens is 1. The maximum Gasteiger partial charge on any atom is 0.191 e. The average Bonchev–Trinajstić information content (AvgIpc) is 2.48. The molecule has 2 rings (SSSR count). The molecule has 13 heavy (non-hydrogen) atoms. The molecule has 0 spiro atoms. The van der Waals surface area contributed by atoms with Gasteiger partial charge in [-0.05, 0) is 12.0 Å². The van der Waals surface area contributed by atoms with Crippen molar-refractivity contribution in [3.05, 3.63) is 23.4 Å². The normalized spacial score (nSPS) is 18.9. The minimum atomic E-state index is 0.592. The van der Waals surface area contributed by atoms with Gasteiger partial charge in [-0.2, -0.15) is 0 Å². The molecule has 0 fully saturated rings. The number of oxazole rings is 1. The molecule has 0 bridgehead atoms. The first-order valence-electron chi connectivity index (χ1n) is 4.90. The second-order valence-corrected chi connectivity index (χ2v) is 3.08. The van der Waals surface area contributed by atoms with Crippen molar-refractivity contribution in [1.29, 1.82) is 0 Å². The lowest BCUT2D eigenvalue weighted by atomic mass is 9.99. The third-order valence-electron chi connectivity index (χ3n) is 1.92. The van der Waals surface area contributed by atoms with Crippen LogP contribution in [0.1, 0.15) is 38.1 Å². The van der Waals surface area contributed by atoms with Crippen molar-refractivity contribution in [3.8, 4) is 0 Å². The van der Waals surface area contributed by atoms with E-state index >= 15 is 0 Å². The van der Waals surface area contributed by atoms with Gasteiger partial charge in [-0.15, -0.1) is 0 Å². The number of rotatable bonds is 0. The summed E-state index contributed by atoms with van der Waals surface area (Å²) in [5.41, 5.74) is 1.01. The standard InChI is InChI=1S/C9H11NO.C2H6/c1-6-3-4-8-9(5-6)11-7(2)10-8;1-2/h3-4,6H,5H2,1-2H3;1-2H3. The number of aryl methyl sites for hydroxylation is 1. The molecule has 0 amide bonds. The van der Waals surface area contributed by atoms with Crippen molar-refractivity contribution in [1.82, 2.24) is 4.98 Å². The van der Waals surface area contributed by atoms with E-state index in [1.165, 1.54) is 0 Å². The SMILES string of the molecule is CC.Cc1nc2c(o1)CC(C)C=C2. The third kappa shape index (κ3) is 2.20. The summed E-state index contributed by atoms with van der Waals surface area (Å²) in [7, 11) is 0. The quantitative estimate of drug-likeness (QED) is 0.611. The van der Waals surface area contributed by atoms with Gasteiger partial charge in [-0.25, -0.2) is 4.98 Å². The molecule has 1 heterocycles. The summed E-state index contributed by atoms with van der Waals surface area (Å²) >= 11 is 0. The van der Waals surface area contributed by atoms with E-state index in [1.807, 2.05) is 26.8 Å². The van der Waals surface area contributed by atoms with Crippen molar-refractivity contribution in [2.45, 2.75) is 34.1 Å². The highest BCUT2D eigenvalue weighted by molar-refractivity contribution is 5.49. The molecule has 2 nitrogen and oxygen atoms in total. The predicted octanol–water partition coefficient (Wildman–Crippen LogP) is 3.21. The molecule has 1 unspecified atom stereocenters. The van der Waals surface area contributed by atoms with Crippen LogP contribution in [0.2, 0.25) is 0 Å². The smallest absolute Gasteiger partial charge is 0.191 e. The van der Waals surface area contributed by atoms with E-state index in [0.717, 1.165) is 23.8 Å². The zero-order chi connectivity index (χ0) is 9.84. The molecule has 1 aliphatic carbocycles. The second kappa shape index (κ2) is 4.26. The first-order chi connectivity index (χ1) is 6.25. The molecule has 0 aromatic carbocycles. The Hall–Kier alpha value is -1.05. The molecule has 2 heteroatoms. The van der Waals surface area contributed by atoms with Crippen LogP contribution in [0.3, 0.4) is 0 Å². The Labute approximate surface area is 79.7 Å². The maximum absolute atomic E-state index is 5.41. The number of fused-ring (bicyclic) bond motifs is 1. The van der Waals surface area contributed by atoms with Crippen LogP contribution in [0, 0.1) is 12.8 Å².